The number of carbonyl (C=O) groups is 4. The van der Waals surface area contributed by atoms with Gasteiger partial charge >= 0.3 is 23.9 Å². The Morgan fingerprint density at radius 3 is 1.05 bits per heavy atom. The van der Waals surface area contributed by atoms with E-state index in [1.165, 1.54) is 14.2 Å². The van der Waals surface area contributed by atoms with Crippen molar-refractivity contribution in [3.05, 3.63) is 156 Å². The van der Waals surface area contributed by atoms with Gasteiger partial charge in [-0.3, -0.25) is 0 Å². The fourth-order valence-corrected chi connectivity index (χ4v) is 8.09. The van der Waals surface area contributed by atoms with Gasteiger partial charge in [0.2, 0.25) is 0 Å². The molecule has 0 amide bonds. The molecule has 2 unspecified atom stereocenters. The zero-order chi connectivity index (χ0) is 52.7. The first kappa shape index (κ1) is 55.7. The van der Waals surface area contributed by atoms with Crippen LogP contribution in [0.1, 0.15) is 146 Å². The van der Waals surface area contributed by atoms with Crippen molar-refractivity contribution in [2.24, 2.45) is 0 Å². The third kappa shape index (κ3) is 17.0. The van der Waals surface area contributed by atoms with Crippen LogP contribution in [0.4, 0.5) is 0 Å². The first-order valence-electron chi connectivity index (χ1n) is 25.9. The summed E-state index contributed by atoms with van der Waals surface area (Å²) in [7, 11) is 3.05. The van der Waals surface area contributed by atoms with Crippen molar-refractivity contribution in [1.82, 2.24) is 0 Å². The molecule has 74 heavy (non-hydrogen) atoms. The van der Waals surface area contributed by atoms with Crippen molar-refractivity contribution in [1.29, 1.82) is 0 Å². The number of ether oxygens (including phenoxy) is 8. The molecule has 0 N–H and O–H groups in total. The van der Waals surface area contributed by atoms with Crippen molar-refractivity contribution in [3.63, 3.8) is 0 Å². The molecule has 6 aromatic rings. The van der Waals surface area contributed by atoms with Crippen LogP contribution in [0.2, 0.25) is 0 Å². The Hall–Kier alpha value is -7.60. The van der Waals surface area contributed by atoms with Gasteiger partial charge in [0.1, 0.15) is 11.5 Å². The average Bonchev–Trinajstić information content (AvgIpc) is 3.42. The van der Waals surface area contributed by atoms with E-state index in [9.17, 15) is 19.2 Å². The Labute approximate surface area is 436 Å². The van der Waals surface area contributed by atoms with Crippen LogP contribution in [0.15, 0.2) is 133 Å². The highest BCUT2D eigenvalue weighted by Gasteiger charge is 2.18. The molecule has 0 saturated heterocycles. The molecule has 0 aromatic heterocycles. The summed E-state index contributed by atoms with van der Waals surface area (Å²) in [5, 5.41) is 0. The molecule has 0 aliphatic rings. The fraction of sp³-hybridized carbons (Fsp3) is 0.355. The molecule has 0 fully saturated rings. The topological polar surface area (TPSA) is 142 Å². The van der Waals surface area contributed by atoms with Gasteiger partial charge in [0, 0.05) is 0 Å². The van der Waals surface area contributed by atoms with Crippen LogP contribution in [-0.4, -0.2) is 63.5 Å². The smallest absolute Gasteiger partial charge is 0.343 e. The minimum Gasteiger partial charge on any atom is -0.493 e. The minimum absolute atomic E-state index is 0.126. The molecule has 0 heterocycles. The number of carbonyl (C=O) groups excluding carboxylic acids is 4. The maximum Gasteiger partial charge on any atom is 0.343 e. The lowest BCUT2D eigenvalue weighted by Crippen LogP contribution is -2.14. The van der Waals surface area contributed by atoms with E-state index in [2.05, 4.69) is 13.8 Å². The molecule has 390 valence electrons. The second kappa shape index (κ2) is 29.2. The summed E-state index contributed by atoms with van der Waals surface area (Å²) in [6.07, 6.45) is 11.4. The van der Waals surface area contributed by atoms with E-state index in [1.807, 2.05) is 62.4 Å². The van der Waals surface area contributed by atoms with Gasteiger partial charge in [-0.25, -0.2) is 19.2 Å². The molecular formula is C62H70O12. The van der Waals surface area contributed by atoms with Crippen LogP contribution < -0.4 is 28.4 Å². The van der Waals surface area contributed by atoms with E-state index in [0.717, 1.165) is 99.3 Å². The van der Waals surface area contributed by atoms with Gasteiger partial charge < -0.3 is 37.9 Å². The molecule has 6 rings (SSSR count). The largest absolute Gasteiger partial charge is 0.493 e. The van der Waals surface area contributed by atoms with E-state index >= 15 is 0 Å². The Morgan fingerprint density at radius 2 is 0.716 bits per heavy atom. The molecule has 0 aliphatic carbocycles. The second-order valence-corrected chi connectivity index (χ2v) is 18.2. The maximum absolute atomic E-state index is 13.1. The molecule has 0 aliphatic heterocycles. The number of unbranched alkanes of at least 4 members (excludes halogenated alkanes) is 7. The number of methoxy groups -OCH3 is 2. The Morgan fingerprint density at radius 1 is 0.378 bits per heavy atom. The molecule has 0 saturated carbocycles. The van der Waals surface area contributed by atoms with Gasteiger partial charge in [-0.1, -0.05) is 88.1 Å². The molecule has 2 atom stereocenters. The number of hydrogen-bond donors (Lipinski definition) is 0. The number of benzene rings is 6. The second-order valence-electron chi connectivity index (χ2n) is 18.2. The highest BCUT2D eigenvalue weighted by molar-refractivity contribution is 5.93. The van der Waals surface area contributed by atoms with Crippen molar-refractivity contribution in [2.75, 3.05) is 27.4 Å². The summed E-state index contributed by atoms with van der Waals surface area (Å²) < 4.78 is 45.7. The van der Waals surface area contributed by atoms with Gasteiger partial charge in [0.15, 0.2) is 23.0 Å². The maximum atomic E-state index is 13.1. The first-order chi connectivity index (χ1) is 36.0. The summed E-state index contributed by atoms with van der Waals surface area (Å²) in [6.45, 7) is 9.07. The third-order valence-corrected chi connectivity index (χ3v) is 12.4. The van der Waals surface area contributed by atoms with Crippen molar-refractivity contribution in [3.8, 4) is 56.8 Å². The fourth-order valence-electron chi connectivity index (χ4n) is 8.09. The predicted octanol–water partition coefficient (Wildman–Crippen LogP) is 14.7. The third-order valence-electron chi connectivity index (χ3n) is 12.4. The van der Waals surface area contributed by atoms with Gasteiger partial charge in [-0.15, -0.1) is 0 Å². The number of rotatable bonds is 29. The number of esters is 4. The van der Waals surface area contributed by atoms with E-state index in [0.29, 0.717) is 70.0 Å². The van der Waals surface area contributed by atoms with Crippen LogP contribution in [0.3, 0.4) is 0 Å². The lowest BCUT2D eigenvalue weighted by Gasteiger charge is -2.13. The van der Waals surface area contributed by atoms with Crippen LogP contribution in [0.5, 0.6) is 34.5 Å². The van der Waals surface area contributed by atoms with Crippen molar-refractivity contribution in [2.45, 2.75) is 117 Å². The Kier molecular flexibility index (Phi) is 22.0. The SMILES string of the molecule is CCCCCC(C)OC(=O)c1ccc(-c2ccc(OC(=O)c3ccc(OCCCCCCOc4ccc(C(=O)Oc5ccc(-c6ccc(C(=O)OC(C)CCCCC)cc6)cc5)cc4OC)c(OC)c3)cc2)cc1. The average molecular weight is 1010 g/mol. The first-order valence-corrected chi connectivity index (χ1v) is 25.9. The quantitative estimate of drug-likeness (QED) is 0.0251. The summed E-state index contributed by atoms with van der Waals surface area (Å²) in [6, 6.07) is 38.8. The standard InChI is InChI=1S/C62H70O12/c1-7-9-13-17-43(3)71-59(63)49-23-19-45(20-24-49)47-27-33-53(34-28-47)73-61(65)51-31-37-55(57(41-51)67-5)69-39-15-11-12-16-40-70-56-38-32-52(42-58(56)68-6)62(66)74-54-35-29-48(30-36-54)46-21-25-50(26-22-46)60(64)72-44(4)18-14-10-8-2/h19-38,41-44H,7-18,39-40H2,1-6H3. The zero-order valence-corrected chi connectivity index (χ0v) is 43.7. The van der Waals surface area contributed by atoms with E-state index in [1.54, 1.807) is 84.9 Å². The van der Waals surface area contributed by atoms with Crippen molar-refractivity contribution < 1.29 is 57.1 Å². The summed E-state index contributed by atoms with van der Waals surface area (Å²) in [5.41, 5.74) is 5.28. The summed E-state index contributed by atoms with van der Waals surface area (Å²) in [5.74, 6) is 0.955. The van der Waals surface area contributed by atoms with Crippen LogP contribution in [0.25, 0.3) is 22.3 Å². The van der Waals surface area contributed by atoms with Crippen LogP contribution >= 0.6 is 0 Å². The molecule has 0 radical (unpaired) electrons. The van der Waals surface area contributed by atoms with E-state index < -0.39 is 11.9 Å². The molecular weight excluding hydrogens is 937 g/mol. The van der Waals surface area contributed by atoms with Crippen LogP contribution in [-0.2, 0) is 9.47 Å². The normalized spacial score (nSPS) is 11.7. The van der Waals surface area contributed by atoms with Gasteiger partial charge in [0.05, 0.1) is 61.9 Å². The van der Waals surface area contributed by atoms with E-state index in [-0.39, 0.29) is 24.1 Å². The monoisotopic (exact) mass is 1010 g/mol. The van der Waals surface area contributed by atoms with Gasteiger partial charge in [-0.05, 0) is 172 Å². The highest BCUT2D eigenvalue weighted by atomic mass is 16.6. The summed E-state index contributed by atoms with van der Waals surface area (Å²) >= 11 is 0. The molecule has 12 heteroatoms. The minimum atomic E-state index is -0.532. The lowest BCUT2D eigenvalue weighted by molar-refractivity contribution is 0.0309. The van der Waals surface area contributed by atoms with Crippen molar-refractivity contribution >= 4 is 23.9 Å². The molecule has 6 aromatic carbocycles. The van der Waals surface area contributed by atoms with Gasteiger partial charge in [-0.2, -0.15) is 0 Å². The Balaban J connectivity index is 0.875. The van der Waals surface area contributed by atoms with E-state index in [4.69, 9.17) is 37.9 Å². The van der Waals surface area contributed by atoms with Crippen LogP contribution in [0, 0.1) is 0 Å². The Bertz CT molecular complexity index is 2520. The molecule has 12 nitrogen and oxygen atoms in total. The molecule has 0 spiro atoms. The van der Waals surface area contributed by atoms with Gasteiger partial charge in [0.25, 0.3) is 0 Å². The predicted molar refractivity (Wildman–Crippen MR) is 287 cm³/mol. The highest BCUT2D eigenvalue weighted by Crippen LogP contribution is 2.32. The zero-order valence-electron chi connectivity index (χ0n) is 43.7. The summed E-state index contributed by atoms with van der Waals surface area (Å²) in [4.78, 5) is 51.4. The lowest BCUT2D eigenvalue weighted by atomic mass is 10.0. The number of hydrogen-bond acceptors (Lipinski definition) is 12. The molecule has 0 bridgehead atoms.